The lowest BCUT2D eigenvalue weighted by Gasteiger charge is -2.36. The van der Waals surface area contributed by atoms with Crippen molar-refractivity contribution in [1.29, 1.82) is 0 Å². The zero-order chi connectivity index (χ0) is 15.5. The van der Waals surface area contributed by atoms with E-state index in [9.17, 15) is 9.90 Å². The summed E-state index contributed by atoms with van der Waals surface area (Å²) in [6, 6.07) is 0. The fraction of sp³-hybridized carbons (Fsp3) is 0.765. The van der Waals surface area contributed by atoms with Gasteiger partial charge in [-0.1, -0.05) is 0 Å². The number of hydrogen-bond donors (Lipinski definition) is 1. The van der Waals surface area contributed by atoms with Crippen molar-refractivity contribution in [3.05, 3.63) is 18.2 Å². The Morgan fingerprint density at radius 2 is 2.09 bits per heavy atom. The number of piperidine rings is 1. The molecule has 1 amide bonds. The van der Waals surface area contributed by atoms with Gasteiger partial charge in [-0.25, -0.2) is 4.98 Å². The van der Waals surface area contributed by atoms with E-state index in [-0.39, 0.29) is 12.0 Å². The van der Waals surface area contributed by atoms with Crippen LogP contribution in [0.4, 0.5) is 0 Å². The summed E-state index contributed by atoms with van der Waals surface area (Å²) < 4.78 is 2.19. The van der Waals surface area contributed by atoms with Crippen LogP contribution in [0.1, 0.15) is 44.3 Å². The van der Waals surface area contributed by atoms with E-state index in [2.05, 4.69) is 14.5 Å². The summed E-state index contributed by atoms with van der Waals surface area (Å²) >= 11 is 0. The van der Waals surface area contributed by atoms with Crippen LogP contribution in [0.15, 0.2) is 12.4 Å². The average Bonchev–Trinajstić information content (AvgIpc) is 2.93. The van der Waals surface area contributed by atoms with Crippen LogP contribution in [0.2, 0.25) is 0 Å². The number of aromatic nitrogens is 2. The quantitative estimate of drug-likeness (QED) is 0.929. The van der Waals surface area contributed by atoms with Crippen LogP contribution < -0.4 is 0 Å². The Hall–Kier alpha value is -1.36. The molecule has 1 N–H and O–H groups in total. The minimum atomic E-state index is -0.192. The van der Waals surface area contributed by atoms with E-state index in [1.54, 1.807) is 0 Å². The number of rotatable bonds is 3. The number of imidazole rings is 1. The van der Waals surface area contributed by atoms with Gasteiger partial charge in [-0.3, -0.25) is 4.79 Å². The van der Waals surface area contributed by atoms with Gasteiger partial charge < -0.3 is 14.6 Å². The number of amides is 1. The van der Waals surface area contributed by atoms with Gasteiger partial charge in [0.05, 0.1) is 6.10 Å². The van der Waals surface area contributed by atoms with Gasteiger partial charge in [0, 0.05) is 37.9 Å². The predicted molar refractivity (Wildman–Crippen MR) is 84.2 cm³/mol. The van der Waals surface area contributed by atoms with E-state index in [0.29, 0.717) is 11.8 Å². The number of likely N-dealkylation sites (tertiary alicyclic amines) is 1. The van der Waals surface area contributed by atoms with Crippen molar-refractivity contribution in [2.75, 3.05) is 13.1 Å². The molecule has 1 saturated heterocycles. The summed E-state index contributed by atoms with van der Waals surface area (Å²) in [5.74, 6) is 2.03. The molecule has 0 spiro atoms. The molecule has 2 aliphatic rings. The largest absolute Gasteiger partial charge is 0.393 e. The van der Waals surface area contributed by atoms with Crippen LogP contribution >= 0.6 is 0 Å². The molecular formula is C17H27N3O2. The van der Waals surface area contributed by atoms with Crippen LogP contribution in [0, 0.1) is 18.8 Å². The van der Waals surface area contributed by atoms with Crippen molar-refractivity contribution in [3.8, 4) is 0 Å². The van der Waals surface area contributed by atoms with Crippen molar-refractivity contribution in [2.24, 2.45) is 11.8 Å². The third-order valence-electron chi connectivity index (χ3n) is 5.26. The highest BCUT2D eigenvalue weighted by molar-refractivity contribution is 5.79. The summed E-state index contributed by atoms with van der Waals surface area (Å²) in [4.78, 5) is 19.0. The van der Waals surface area contributed by atoms with E-state index in [1.807, 2.05) is 19.3 Å². The Labute approximate surface area is 132 Å². The highest BCUT2D eigenvalue weighted by Gasteiger charge is 2.31. The molecule has 1 aliphatic carbocycles. The van der Waals surface area contributed by atoms with Crippen LogP contribution in [-0.4, -0.2) is 44.7 Å². The van der Waals surface area contributed by atoms with Gasteiger partial charge in [-0.05, 0) is 51.4 Å². The molecule has 5 heteroatoms. The summed E-state index contributed by atoms with van der Waals surface area (Å²) in [6.45, 7) is 4.75. The molecule has 2 fully saturated rings. The standard InChI is InChI=1S/C17H27N3O2/c1-13-18-8-10-19(13)11-14-3-2-9-20(12-14)17(22)15-4-6-16(21)7-5-15/h8,10,14-16,21H,2-7,9,11-12H2,1H3. The number of aliphatic hydroxyl groups excluding tert-OH is 1. The van der Waals surface area contributed by atoms with E-state index in [4.69, 9.17) is 0 Å². The number of carbonyl (C=O) groups is 1. The van der Waals surface area contributed by atoms with E-state index < -0.39 is 0 Å². The molecule has 1 atom stereocenters. The number of nitrogens with zero attached hydrogens (tertiary/aromatic N) is 3. The second-order valence-electron chi connectivity index (χ2n) is 6.92. The topological polar surface area (TPSA) is 58.4 Å². The Kier molecular flexibility index (Phi) is 4.81. The number of aliphatic hydroxyl groups is 1. The van der Waals surface area contributed by atoms with Gasteiger partial charge in [0.15, 0.2) is 0 Å². The van der Waals surface area contributed by atoms with Crippen molar-refractivity contribution in [1.82, 2.24) is 14.5 Å². The minimum absolute atomic E-state index is 0.136. The first kappa shape index (κ1) is 15.5. The maximum atomic E-state index is 12.7. The zero-order valence-electron chi connectivity index (χ0n) is 13.4. The second-order valence-corrected chi connectivity index (χ2v) is 6.92. The van der Waals surface area contributed by atoms with Crippen LogP contribution in [0.25, 0.3) is 0 Å². The Balaban J connectivity index is 1.56. The molecule has 1 aromatic heterocycles. The molecule has 122 valence electrons. The Bertz CT molecular complexity index is 506. The first-order valence-electron chi connectivity index (χ1n) is 8.58. The van der Waals surface area contributed by atoms with Crippen molar-refractivity contribution < 1.29 is 9.90 Å². The average molecular weight is 305 g/mol. The Morgan fingerprint density at radius 1 is 1.32 bits per heavy atom. The van der Waals surface area contributed by atoms with Crippen molar-refractivity contribution in [3.63, 3.8) is 0 Å². The highest BCUT2D eigenvalue weighted by Crippen LogP contribution is 2.28. The van der Waals surface area contributed by atoms with E-state index >= 15 is 0 Å². The number of aryl methyl sites for hydroxylation is 1. The lowest BCUT2D eigenvalue weighted by molar-refractivity contribution is -0.139. The number of hydrogen-bond acceptors (Lipinski definition) is 3. The molecular weight excluding hydrogens is 278 g/mol. The normalized spacial score (nSPS) is 29.5. The molecule has 1 aromatic rings. The molecule has 3 rings (SSSR count). The van der Waals surface area contributed by atoms with Gasteiger partial charge in [0.25, 0.3) is 0 Å². The SMILES string of the molecule is Cc1nccn1CC1CCCN(C(=O)C2CCC(O)CC2)C1. The van der Waals surface area contributed by atoms with Crippen LogP contribution in [0.5, 0.6) is 0 Å². The molecule has 0 aromatic carbocycles. The maximum Gasteiger partial charge on any atom is 0.225 e. The van der Waals surface area contributed by atoms with Crippen LogP contribution in [0.3, 0.4) is 0 Å². The third-order valence-corrected chi connectivity index (χ3v) is 5.26. The maximum absolute atomic E-state index is 12.7. The van der Waals surface area contributed by atoms with Crippen molar-refractivity contribution >= 4 is 5.91 Å². The van der Waals surface area contributed by atoms with Gasteiger partial charge in [0.2, 0.25) is 5.91 Å². The molecule has 0 radical (unpaired) electrons. The fourth-order valence-corrected chi connectivity index (χ4v) is 3.87. The minimum Gasteiger partial charge on any atom is -0.393 e. The smallest absolute Gasteiger partial charge is 0.225 e. The lowest BCUT2D eigenvalue weighted by atomic mass is 9.85. The van der Waals surface area contributed by atoms with Gasteiger partial charge >= 0.3 is 0 Å². The van der Waals surface area contributed by atoms with Crippen molar-refractivity contribution in [2.45, 2.75) is 58.1 Å². The highest BCUT2D eigenvalue weighted by atomic mass is 16.3. The summed E-state index contributed by atoms with van der Waals surface area (Å²) in [6.07, 6.45) is 9.22. The number of carbonyl (C=O) groups excluding carboxylic acids is 1. The van der Waals surface area contributed by atoms with E-state index in [1.165, 1.54) is 6.42 Å². The molecule has 1 saturated carbocycles. The fourth-order valence-electron chi connectivity index (χ4n) is 3.87. The second kappa shape index (κ2) is 6.82. The zero-order valence-corrected chi connectivity index (χ0v) is 13.4. The summed E-state index contributed by atoms with van der Waals surface area (Å²) in [5, 5.41) is 9.60. The predicted octanol–water partition coefficient (Wildman–Crippen LogP) is 1.98. The molecule has 0 bridgehead atoms. The molecule has 1 unspecified atom stereocenters. The molecule has 1 aliphatic heterocycles. The lowest BCUT2D eigenvalue weighted by Crippen LogP contribution is -2.44. The molecule has 22 heavy (non-hydrogen) atoms. The monoisotopic (exact) mass is 305 g/mol. The Morgan fingerprint density at radius 3 is 2.77 bits per heavy atom. The van der Waals surface area contributed by atoms with Gasteiger partial charge in [-0.15, -0.1) is 0 Å². The molecule has 5 nitrogen and oxygen atoms in total. The first-order valence-corrected chi connectivity index (χ1v) is 8.58. The van der Waals surface area contributed by atoms with E-state index in [0.717, 1.165) is 57.6 Å². The third kappa shape index (κ3) is 3.51. The first-order chi connectivity index (χ1) is 10.6. The molecule has 2 heterocycles. The van der Waals surface area contributed by atoms with Gasteiger partial charge in [0.1, 0.15) is 5.82 Å². The van der Waals surface area contributed by atoms with Gasteiger partial charge in [-0.2, -0.15) is 0 Å². The summed E-state index contributed by atoms with van der Waals surface area (Å²) in [5.41, 5.74) is 0. The summed E-state index contributed by atoms with van der Waals surface area (Å²) in [7, 11) is 0. The van der Waals surface area contributed by atoms with Crippen LogP contribution in [-0.2, 0) is 11.3 Å².